The number of pyridine rings is 1. The zero-order valence-electron chi connectivity index (χ0n) is 15.8. The second-order valence-corrected chi connectivity index (χ2v) is 6.21. The van der Waals surface area contributed by atoms with Gasteiger partial charge in [0, 0.05) is 12.4 Å². The van der Waals surface area contributed by atoms with Crippen molar-refractivity contribution in [3.63, 3.8) is 0 Å². The molecule has 0 fully saturated rings. The van der Waals surface area contributed by atoms with Crippen molar-refractivity contribution in [3.05, 3.63) is 40.1 Å². The first-order valence-electron chi connectivity index (χ1n) is 8.90. The standard InChI is InChI=1S/C18H22N6O4/c1-3-4-7-28-17-22-15(19)14-16(23-17)24(18(26)21-14)10-11-5-6-20-9-12(11)8-13(25)27-2/h5-6,9H,3-4,7-8,10H2,1-2H3,(H,21,26)(H2,19,22,23). The van der Waals surface area contributed by atoms with Gasteiger partial charge in [-0.25, -0.2) is 4.79 Å². The van der Waals surface area contributed by atoms with E-state index in [9.17, 15) is 9.59 Å². The zero-order chi connectivity index (χ0) is 20.1. The van der Waals surface area contributed by atoms with Crippen molar-refractivity contribution >= 4 is 23.0 Å². The van der Waals surface area contributed by atoms with Crippen molar-refractivity contribution in [2.75, 3.05) is 19.5 Å². The first kappa shape index (κ1) is 19.3. The van der Waals surface area contributed by atoms with Crippen molar-refractivity contribution in [2.45, 2.75) is 32.7 Å². The molecule has 0 amide bonds. The fraction of sp³-hybridized carbons (Fsp3) is 0.389. The molecule has 0 spiro atoms. The van der Waals surface area contributed by atoms with Crippen LogP contribution in [0.2, 0.25) is 0 Å². The SMILES string of the molecule is CCCCOc1nc(N)c2[nH]c(=O)n(Cc3ccncc3CC(=O)OC)c2n1. The first-order chi connectivity index (χ1) is 13.5. The molecule has 0 radical (unpaired) electrons. The van der Waals surface area contributed by atoms with E-state index in [0.717, 1.165) is 18.4 Å². The van der Waals surface area contributed by atoms with Crippen LogP contribution in [0, 0.1) is 0 Å². The molecule has 0 aliphatic rings. The third-order valence-corrected chi connectivity index (χ3v) is 4.25. The van der Waals surface area contributed by atoms with E-state index in [1.165, 1.54) is 11.7 Å². The number of nitrogens with one attached hydrogen (secondary N) is 1. The van der Waals surface area contributed by atoms with Crippen molar-refractivity contribution < 1.29 is 14.3 Å². The van der Waals surface area contributed by atoms with Crippen LogP contribution < -0.4 is 16.2 Å². The fourth-order valence-corrected chi connectivity index (χ4v) is 2.72. The summed E-state index contributed by atoms with van der Waals surface area (Å²) in [5.74, 6) is -0.254. The Balaban J connectivity index is 1.98. The number of nitrogen functional groups attached to an aromatic ring is 1. The first-order valence-corrected chi connectivity index (χ1v) is 8.90. The monoisotopic (exact) mass is 386 g/mol. The minimum atomic E-state index is -0.390. The predicted octanol–water partition coefficient (Wildman–Crippen LogP) is 1.04. The van der Waals surface area contributed by atoms with Crippen LogP contribution in [-0.4, -0.2) is 44.2 Å². The number of hydrogen-bond donors (Lipinski definition) is 2. The minimum Gasteiger partial charge on any atom is -0.469 e. The summed E-state index contributed by atoms with van der Waals surface area (Å²) in [6, 6.07) is 1.86. The van der Waals surface area contributed by atoms with Gasteiger partial charge in [-0.3, -0.25) is 14.3 Å². The number of H-pyrrole nitrogens is 1. The summed E-state index contributed by atoms with van der Waals surface area (Å²) in [7, 11) is 1.32. The summed E-state index contributed by atoms with van der Waals surface area (Å²) < 4.78 is 11.7. The molecule has 0 aliphatic heterocycles. The Morgan fingerprint density at radius 3 is 2.89 bits per heavy atom. The van der Waals surface area contributed by atoms with Gasteiger partial charge in [0.05, 0.1) is 26.7 Å². The number of esters is 1. The summed E-state index contributed by atoms with van der Waals surface area (Å²) in [5.41, 5.74) is 7.67. The fourth-order valence-electron chi connectivity index (χ4n) is 2.72. The smallest absolute Gasteiger partial charge is 0.328 e. The number of imidazole rings is 1. The average Bonchev–Trinajstić information content (AvgIpc) is 3.00. The molecule has 0 aliphatic carbocycles. The number of ether oxygens (including phenoxy) is 2. The summed E-state index contributed by atoms with van der Waals surface area (Å²) in [6.07, 6.45) is 5.05. The molecule has 3 aromatic heterocycles. The summed E-state index contributed by atoms with van der Waals surface area (Å²) in [6.45, 7) is 2.69. The molecule has 0 saturated heterocycles. The van der Waals surface area contributed by atoms with E-state index < -0.39 is 5.97 Å². The number of nitrogens with zero attached hydrogens (tertiary/aromatic N) is 4. The van der Waals surface area contributed by atoms with Gasteiger partial charge >= 0.3 is 17.7 Å². The molecule has 148 valence electrons. The highest BCUT2D eigenvalue weighted by Crippen LogP contribution is 2.19. The van der Waals surface area contributed by atoms with Gasteiger partial charge in [0.15, 0.2) is 11.5 Å². The van der Waals surface area contributed by atoms with Gasteiger partial charge in [-0.1, -0.05) is 13.3 Å². The molecule has 3 N–H and O–H groups in total. The number of carbonyl (C=O) groups is 1. The number of fused-ring (bicyclic) bond motifs is 1. The molecule has 0 aromatic carbocycles. The Morgan fingerprint density at radius 2 is 2.14 bits per heavy atom. The predicted molar refractivity (Wildman–Crippen MR) is 102 cm³/mol. The maximum Gasteiger partial charge on any atom is 0.328 e. The molecule has 10 nitrogen and oxygen atoms in total. The quantitative estimate of drug-likeness (QED) is 0.432. The van der Waals surface area contributed by atoms with Crippen molar-refractivity contribution in [2.24, 2.45) is 0 Å². The lowest BCUT2D eigenvalue weighted by Crippen LogP contribution is -2.19. The Bertz CT molecular complexity index is 1040. The normalized spacial score (nSPS) is 10.9. The van der Waals surface area contributed by atoms with Gasteiger partial charge in [0.1, 0.15) is 5.52 Å². The van der Waals surface area contributed by atoms with Gasteiger partial charge in [-0.15, -0.1) is 0 Å². The minimum absolute atomic E-state index is 0.0548. The third-order valence-electron chi connectivity index (χ3n) is 4.25. The Kier molecular flexibility index (Phi) is 5.87. The second-order valence-electron chi connectivity index (χ2n) is 6.21. The van der Waals surface area contributed by atoms with Crippen LogP contribution in [0.3, 0.4) is 0 Å². The largest absolute Gasteiger partial charge is 0.469 e. The van der Waals surface area contributed by atoms with Crippen molar-refractivity contribution in [1.82, 2.24) is 24.5 Å². The number of methoxy groups -OCH3 is 1. The number of unbranched alkanes of at least 4 members (excludes halogenated alkanes) is 1. The summed E-state index contributed by atoms with van der Waals surface area (Å²) in [5, 5.41) is 0. The molecule has 0 unspecified atom stereocenters. The number of nitrogens with two attached hydrogens (primary N) is 1. The number of aromatic amines is 1. The molecule has 0 bridgehead atoms. The van der Waals surface area contributed by atoms with E-state index in [-0.39, 0.29) is 30.5 Å². The van der Waals surface area contributed by atoms with Crippen LogP contribution in [-0.2, 0) is 22.5 Å². The number of hydrogen-bond acceptors (Lipinski definition) is 8. The van der Waals surface area contributed by atoms with Crippen LogP contribution in [0.25, 0.3) is 11.2 Å². The Morgan fingerprint density at radius 1 is 1.32 bits per heavy atom. The van der Waals surface area contributed by atoms with Gasteiger partial charge in [0.25, 0.3) is 0 Å². The van der Waals surface area contributed by atoms with E-state index >= 15 is 0 Å². The lowest BCUT2D eigenvalue weighted by atomic mass is 10.1. The molecule has 10 heteroatoms. The lowest BCUT2D eigenvalue weighted by molar-refractivity contribution is -0.139. The number of rotatable bonds is 8. The van der Waals surface area contributed by atoms with Crippen LogP contribution >= 0.6 is 0 Å². The Hall–Kier alpha value is -3.43. The Labute approximate surface area is 160 Å². The molecule has 3 heterocycles. The van der Waals surface area contributed by atoms with Crippen LogP contribution in [0.15, 0.2) is 23.3 Å². The van der Waals surface area contributed by atoms with Gasteiger partial charge in [-0.2, -0.15) is 9.97 Å². The highest BCUT2D eigenvalue weighted by atomic mass is 16.5. The van der Waals surface area contributed by atoms with Crippen molar-refractivity contribution in [1.29, 1.82) is 0 Å². The maximum absolute atomic E-state index is 12.5. The number of aromatic nitrogens is 5. The van der Waals surface area contributed by atoms with Gasteiger partial charge in [0.2, 0.25) is 0 Å². The van der Waals surface area contributed by atoms with E-state index in [0.29, 0.717) is 23.3 Å². The zero-order valence-corrected chi connectivity index (χ0v) is 15.8. The van der Waals surface area contributed by atoms with Gasteiger partial charge < -0.3 is 20.2 Å². The second kappa shape index (κ2) is 8.51. The summed E-state index contributed by atoms with van der Waals surface area (Å²) in [4.78, 5) is 39.3. The van der Waals surface area contributed by atoms with E-state index in [1.807, 2.05) is 6.92 Å². The molecule has 0 atom stereocenters. The highest BCUT2D eigenvalue weighted by molar-refractivity contribution is 5.82. The third kappa shape index (κ3) is 4.11. The average molecular weight is 386 g/mol. The lowest BCUT2D eigenvalue weighted by Gasteiger charge is -2.10. The topological polar surface area (TPSA) is 138 Å². The van der Waals surface area contributed by atoms with Crippen LogP contribution in [0.4, 0.5) is 5.82 Å². The maximum atomic E-state index is 12.5. The molecule has 3 aromatic rings. The molecule has 28 heavy (non-hydrogen) atoms. The number of carbonyl (C=O) groups excluding carboxylic acids is 1. The molecule has 3 rings (SSSR count). The molecular formula is C18H22N6O4. The van der Waals surface area contributed by atoms with Gasteiger partial charge in [-0.05, 0) is 23.6 Å². The summed E-state index contributed by atoms with van der Waals surface area (Å²) >= 11 is 0. The van der Waals surface area contributed by atoms with E-state index in [1.54, 1.807) is 18.5 Å². The van der Waals surface area contributed by atoms with Crippen LogP contribution in [0.5, 0.6) is 6.01 Å². The molecule has 0 saturated carbocycles. The van der Waals surface area contributed by atoms with Crippen molar-refractivity contribution in [3.8, 4) is 6.01 Å². The highest BCUT2D eigenvalue weighted by Gasteiger charge is 2.17. The van der Waals surface area contributed by atoms with Crippen LogP contribution in [0.1, 0.15) is 30.9 Å². The van der Waals surface area contributed by atoms with E-state index in [2.05, 4.69) is 19.9 Å². The van der Waals surface area contributed by atoms with E-state index in [4.69, 9.17) is 15.2 Å². The molecular weight excluding hydrogens is 364 g/mol. The number of anilines is 1.